The predicted octanol–water partition coefficient (Wildman–Crippen LogP) is 0.667. The molecule has 0 heterocycles. The lowest BCUT2D eigenvalue weighted by molar-refractivity contribution is 0.386. The highest BCUT2D eigenvalue weighted by Gasteiger charge is 2.05. The molecule has 0 saturated heterocycles. The summed E-state index contributed by atoms with van der Waals surface area (Å²) in [6.45, 7) is 0.247. The molecule has 4 nitrogen and oxygen atoms in total. The number of nitrogens with one attached hydrogen (secondary N) is 1. The molecule has 0 atom stereocenters. The topological polar surface area (TPSA) is 55.4 Å². The van der Waals surface area contributed by atoms with Crippen molar-refractivity contribution >= 4 is 10.3 Å². The maximum Gasteiger partial charge on any atom is 0.335 e. The second kappa shape index (κ2) is 4.36. The van der Waals surface area contributed by atoms with E-state index in [-0.39, 0.29) is 6.54 Å². The van der Waals surface area contributed by atoms with Gasteiger partial charge in [-0.05, 0) is 5.56 Å². The molecule has 0 saturated carbocycles. The van der Waals surface area contributed by atoms with Crippen LogP contribution in [0.4, 0.5) is 0 Å². The molecule has 1 rings (SSSR count). The smallest absolute Gasteiger partial charge is 0.261 e. The lowest BCUT2D eigenvalue weighted by Gasteiger charge is -2.03. The Morgan fingerprint density at radius 1 is 1.31 bits per heavy atom. The number of hydrogen-bond acceptors (Lipinski definition) is 3. The largest absolute Gasteiger partial charge is 0.335 e. The Labute approximate surface area is 77.8 Å². The van der Waals surface area contributed by atoms with Gasteiger partial charge in [0.25, 0.3) is 0 Å². The molecule has 1 aromatic rings. The molecular weight excluding hydrogens is 190 g/mol. The van der Waals surface area contributed by atoms with E-state index in [1.54, 1.807) is 0 Å². The standard InChI is InChI=1S/C8H11NO3S/c1-12-13(10,11)9-7-8-5-3-2-4-6-8/h2-6,9H,7H2,1H3. The molecule has 1 aromatic carbocycles. The van der Waals surface area contributed by atoms with Crippen molar-refractivity contribution in [1.29, 1.82) is 0 Å². The lowest BCUT2D eigenvalue weighted by atomic mass is 10.2. The normalized spacial score (nSPS) is 11.5. The van der Waals surface area contributed by atoms with Gasteiger partial charge in [-0.1, -0.05) is 30.3 Å². The van der Waals surface area contributed by atoms with Crippen molar-refractivity contribution in [3.63, 3.8) is 0 Å². The third-order valence-electron chi connectivity index (χ3n) is 1.52. The molecule has 0 unspecified atom stereocenters. The van der Waals surface area contributed by atoms with Crippen LogP contribution in [0.25, 0.3) is 0 Å². The number of rotatable bonds is 4. The van der Waals surface area contributed by atoms with Gasteiger partial charge in [-0.15, -0.1) is 0 Å². The van der Waals surface area contributed by atoms with Crippen molar-refractivity contribution in [2.24, 2.45) is 0 Å². The van der Waals surface area contributed by atoms with E-state index in [4.69, 9.17) is 0 Å². The third-order valence-corrected chi connectivity index (χ3v) is 2.45. The van der Waals surface area contributed by atoms with Gasteiger partial charge in [0.15, 0.2) is 0 Å². The second-order valence-corrected chi connectivity index (χ2v) is 3.96. The fourth-order valence-electron chi connectivity index (χ4n) is 0.827. The Bertz CT molecular complexity index is 347. The van der Waals surface area contributed by atoms with E-state index in [2.05, 4.69) is 8.91 Å². The van der Waals surface area contributed by atoms with Crippen LogP contribution in [-0.2, 0) is 21.0 Å². The molecule has 5 heteroatoms. The maximum atomic E-state index is 10.8. The van der Waals surface area contributed by atoms with E-state index in [1.165, 1.54) is 0 Å². The fourth-order valence-corrected chi connectivity index (χ4v) is 1.29. The minimum absolute atomic E-state index is 0.247. The van der Waals surface area contributed by atoms with Crippen LogP contribution in [0.1, 0.15) is 5.56 Å². The van der Waals surface area contributed by atoms with Crippen LogP contribution in [0.2, 0.25) is 0 Å². The molecule has 0 fully saturated rings. The van der Waals surface area contributed by atoms with Gasteiger partial charge in [0, 0.05) is 6.54 Å². The SMILES string of the molecule is COS(=O)(=O)NCc1ccccc1. The van der Waals surface area contributed by atoms with Gasteiger partial charge in [0.1, 0.15) is 0 Å². The molecule has 72 valence electrons. The van der Waals surface area contributed by atoms with Crippen LogP contribution in [-0.4, -0.2) is 15.5 Å². The first-order chi connectivity index (χ1) is 6.14. The summed E-state index contributed by atoms with van der Waals surface area (Å²) in [6.07, 6.45) is 0. The van der Waals surface area contributed by atoms with Crippen LogP contribution < -0.4 is 4.72 Å². The number of benzene rings is 1. The molecule has 1 N–H and O–H groups in total. The molecule has 0 aliphatic rings. The zero-order valence-electron chi connectivity index (χ0n) is 7.23. The van der Waals surface area contributed by atoms with Gasteiger partial charge < -0.3 is 0 Å². The first-order valence-corrected chi connectivity index (χ1v) is 5.14. The summed E-state index contributed by atoms with van der Waals surface area (Å²) >= 11 is 0. The molecule has 0 bridgehead atoms. The summed E-state index contributed by atoms with van der Waals surface area (Å²) in [7, 11) is -2.45. The Balaban J connectivity index is 2.54. The maximum absolute atomic E-state index is 10.8. The molecule has 0 aliphatic carbocycles. The van der Waals surface area contributed by atoms with Crippen molar-refractivity contribution < 1.29 is 12.6 Å². The summed E-state index contributed by atoms with van der Waals surface area (Å²) in [5.41, 5.74) is 0.892. The van der Waals surface area contributed by atoms with E-state index >= 15 is 0 Å². The summed E-state index contributed by atoms with van der Waals surface area (Å²) < 4.78 is 28.2. The Kier molecular flexibility index (Phi) is 3.41. The monoisotopic (exact) mass is 201 g/mol. The summed E-state index contributed by atoms with van der Waals surface area (Å²) in [5.74, 6) is 0. The van der Waals surface area contributed by atoms with Gasteiger partial charge in [-0.3, -0.25) is 4.18 Å². The highest BCUT2D eigenvalue weighted by Crippen LogP contribution is 1.98. The Hall–Kier alpha value is -0.910. The van der Waals surface area contributed by atoms with Crippen molar-refractivity contribution in [2.75, 3.05) is 7.11 Å². The van der Waals surface area contributed by atoms with Crippen molar-refractivity contribution in [3.05, 3.63) is 35.9 Å². The van der Waals surface area contributed by atoms with Crippen LogP contribution in [0.3, 0.4) is 0 Å². The van der Waals surface area contributed by atoms with Gasteiger partial charge in [-0.25, -0.2) is 0 Å². The molecule has 0 radical (unpaired) electrons. The van der Waals surface area contributed by atoms with Crippen LogP contribution in [0.15, 0.2) is 30.3 Å². The fraction of sp³-hybridized carbons (Fsp3) is 0.250. The molecule has 0 aliphatic heterocycles. The first kappa shape index (κ1) is 10.2. The van der Waals surface area contributed by atoms with Crippen molar-refractivity contribution in [1.82, 2.24) is 4.72 Å². The van der Waals surface area contributed by atoms with E-state index in [1.807, 2.05) is 30.3 Å². The van der Waals surface area contributed by atoms with Gasteiger partial charge in [-0.2, -0.15) is 13.1 Å². The third kappa shape index (κ3) is 3.54. The molecular formula is C8H11NO3S. The zero-order valence-corrected chi connectivity index (χ0v) is 8.04. The van der Waals surface area contributed by atoms with Crippen LogP contribution in [0, 0.1) is 0 Å². The average Bonchev–Trinajstić information content (AvgIpc) is 2.17. The number of hydrogen-bond donors (Lipinski definition) is 1. The molecule has 0 spiro atoms. The summed E-state index contributed by atoms with van der Waals surface area (Å²) in [4.78, 5) is 0. The Morgan fingerprint density at radius 2 is 1.92 bits per heavy atom. The van der Waals surface area contributed by atoms with E-state index < -0.39 is 10.3 Å². The minimum Gasteiger partial charge on any atom is -0.261 e. The second-order valence-electron chi connectivity index (χ2n) is 2.43. The quantitative estimate of drug-likeness (QED) is 0.778. The van der Waals surface area contributed by atoms with E-state index in [0.717, 1.165) is 12.7 Å². The van der Waals surface area contributed by atoms with Gasteiger partial charge in [0.2, 0.25) is 0 Å². The Morgan fingerprint density at radius 3 is 2.46 bits per heavy atom. The lowest BCUT2D eigenvalue weighted by Crippen LogP contribution is -2.23. The average molecular weight is 201 g/mol. The zero-order chi connectivity index (χ0) is 9.73. The van der Waals surface area contributed by atoms with Crippen molar-refractivity contribution in [3.8, 4) is 0 Å². The molecule has 0 amide bonds. The van der Waals surface area contributed by atoms with Crippen LogP contribution >= 0.6 is 0 Å². The highest BCUT2D eigenvalue weighted by atomic mass is 32.2. The minimum atomic E-state index is -3.57. The predicted molar refractivity (Wildman–Crippen MR) is 49.2 cm³/mol. The van der Waals surface area contributed by atoms with Crippen molar-refractivity contribution in [2.45, 2.75) is 6.54 Å². The summed E-state index contributed by atoms with van der Waals surface area (Å²) in [5, 5.41) is 0. The highest BCUT2D eigenvalue weighted by molar-refractivity contribution is 7.84. The molecule has 0 aromatic heterocycles. The van der Waals surface area contributed by atoms with Gasteiger partial charge in [0.05, 0.1) is 7.11 Å². The van der Waals surface area contributed by atoms with Gasteiger partial charge >= 0.3 is 10.3 Å². The van der Waals surface area contributed by atoms with Crippen LogP contribution in [0.5, 0.6) is 0 Å². The summed E-state index contributed by atoms with van der Waals surface area (Å²) in [6, 6.07) is 9.22. The van der Waals surface area contributed by atoms with E-state index in [0.29, 0.717) is 0 Å². The molecule has 13 heavy (non-hydrogen) atoms. The first-order valence-electron chi connectivity index (χ1n) is 3.73. The van der Waals surface area contributed by atoms with E-state index in [9.17, 15) is 8.42 Å².